The molecule has 0 aliphatic carbocycles. The van der Waals surface area contributed by atoms with Crippen LogP contribution in [-0.4, -0.2) is 89.0 Å². The number of carbonyl (C=O) groups is 2. The van der Waals surface area contributed by atoms with Crippen LogP contribution in [-0.2, 0) is 28.5 Å². The standard InChI is InChI=1S/C51H84O10/c1-3-5-7-9-11-13-15-17-19-21-22-24-25-27-29-31-33-35-37-39-46(53)58-42-44(43-59-51-50(57)49(56)48(55)45(41-52)61-51)60-47(54)40-38-36-34-32-30-28-26-23-20-18-16-14-12-10-8-6-4-2/h6,8,11-14,17-20,22,24,26,28,44-45,48-52,55-57H,3-5,7,9-10,15-16,21,23,25,27,29-43H2,1-2H3/b8-6-,13-11-,14-12-,19-17-,20-18-,24-22-,28-26-. The summed E-state index contributed by atoms with van der Waals surface area (Å²) in [6.45, 7) is 3.23. The highest BCUT2D eigenvalue weighted by Crippen LogP contribution is 2.22. The lowest BCUT2D eigenvalue weighted by atomic mass is 9.99. The van der Waals surface area contributed by atoms with E-state index in [4.69, 9.17) is 18.9 Å². The zero-order valence-corrected chi connectivity index (χ0v) is 37.9. The highest BCUT2D eigenvalue weighted by molar-refractivity contribution is 5.70. The Morgan fingerprint density at radius 1 is 0.525 bits per heavy atom. The van der Waals surface area contributed by atoms with Crippen LogP contribution in [0.5, 0.6) is 0 Å². The maximum absolute atomic E-state index is 12.8. The average molecular weight is 857 g/mol. The normalized spacial score (nSPS) is 20.5. The van der Waals surface area contributed by atoms with Gasteiger partial charge in [0.1, 0.15) is 31.0 Å². The van der Waals surface area contributed by atoms with Crippen molar-refractivity contribution in [1.82, 2.24) is 0 Å². The molecule has 1 heterocycles. The van der Waals surface area contributed by atoms with Crippen molar-refractivity contribution in [1.29, 1.82) is 0 Å². The predicted octanol–water partition coefficient (Wildman–Crippen LogP) is 10.6. The van der Waals surface area contributed by atoms with E-state index in [9.17, 15) is 30.0 Å². The minimum atomic E-state index is -1.61. The molecule has 1 fully saturated rings. The molecule has 348 valence electrons. The van der Waals surface area contributed by atoms with Crippen molar-refractivity contribution in [3.63, 3.8) is 0 Å². The van der Waals surface area contributed by atoms with Gasteiger partial charge in [-0.05, 0) is 89.9 Å². The summed E-state index contributed by atoms with van der Waals surface area (Å²) in [6.07, 6.45) is 45.8. The molecule has 0 aromatic rings. The molecule has 1 aliphatic heterocycles. The summed E-state index contributed by atoms with van der Waals surface area (Å²) < 4.78 is 22.2. The largest absolute Gasteiger partial charge is 0.462 e. The number of unbranched alkanes of at least 4 members (excludes halogenated alkanes) is 13. The van der Waals surface area contributed by atoms with Crippen molar-refractivity contribution in [2.45, 2.75) is 205 Å². The first-order chi connectivity index (χ1) is 29.8. The Bertz CT molecular complexity index is 1270. The van der Waals surface area contributed by atoms with Crippen LogP contribution in [0.2, 0.25) is 0 Å². The van der Waals surface area contributed by atoms with Crippen LogP contribution in [0.25, 0.3) is 0 Å². The van der Waals surface area contributed by atoms with Gasteiger partial charge in [-0.25, -0.2) is 0 Å². The van der Waals surface area contributed by atoms with Gasteiger partial charge < -0.3 is 39.4 Å². The van der Waals surface area contributed by atoms with E-state index in [2.05, 4.69) is 98.9 Å². The van der Waals surface area contributed by atoms with Crippen molar-refractivity contribution < 1.29 is 49.0 Å². The van der Waals surface area contributed by atoms with Crippen LogP contribution in [0.3, 0.4) is 0 Å². The first-order valence-electron chi connectivity index (χ1n) is 23.7. The Morgan fingerprint density at radius 3 is 1.46 bits per heavy atom. The van der Waals surface area contributed by atoms with E-state index >= 15 is 0 Å². The van der Waals surface area contributed by atoms with Gasteiger partial charge in [0.25, 0.3) is 0 Å². The molecule has 0 bridgehead atoms. The van der Waals surface area contributed by atoms with Crippen molar-refractivity contribution in [2.24, 2.45) is 0 Å². The lowest BCUT2D eigenvalue weighted by Crippen LogP contribution is -2.59. The maximum Gasteiger partial charge on any atom is 0.306 e. The number of carbonyl (C=O) groups excluding carboxylic acids is 2. The van der Waals surface area contributed by atoms with E-state index in [-0.39, 0.29) is 26.1 Å². The number of esters is 2. The second-order valence-electron chi connectivity index (χ2n) is 15.8. The molecule has 0 saturated carbocycles. The summed E-state index contributed by atoms with van der Waals surface area (Å²) in [7, 11) is 0. The first kappa shape index (κ1) is 55.9. The fraction of sp³-hybridized carbons (Fsp3) is 0.686. The van der Waals surface area contributed by atoms with E-state index in [1.165, 1.54) is 25.7 Å². The molecule has 10 nitrogen and oxygen atoms in total. The molecule has 0 aromatic heterocycles. The third-order valence-electron chi connectivity index (χ3n) is 10.3. The second-order valence-corrected chi connectivity index (χ2v) is 15.8. The van der Waals surface area contributed by atoms with E-state index in [0.29, 0.717) is 12.8 Å². The number of hydrogen-bond donors (Lipinski definition) is 4. The smallest absolute Gasteiger partial charge is 0.306 e. The van der Waals surface area contributed by atoms with Gasteiger partial charge in [-0.1, -0.05) is 150 Å². The van der Waals surface area contributed by atoms with Gasteiger partial charge in [-0.15, -0.1) is 0 Å². The van der Waals surface area contributed by atoms with Crippen molar-refractivity contribution in [2.75, 3.05) is 19.8 Å². The van der Waals surface area contributed by atoms with Crippen LogP contribution in [0.4, 0.5) is 0 Å². The zero-order chi connectivity index (χ0) is 44.4. The van der Waals surface area contributed by atoms with E-state index in [1.807, 2.05) is 0 Å². The molecule has 10 heteroatoms. The maximum atomic E-state index is 12.8. The Morgan fingerprint density at radius 2 is 0.967 bits per heavy atom. The monoisotopic (exact) mass is 857 g/mol. The minimum Gasteiger partial charge on any atom is -0.462 e. The third-order valence-corrected chi connectivity index (χ3v) is 10.3. The number of allylic oxidation sites excluding steroid dienone is 14. The quantitative estimate of drug-likeness (QED) is 0.0268. The minimum absolute atomic E-state index is 0.194. The molecule has 0 amide bonds. The van der Waals surface area contributed by atoms with Crippen LogP contribution < -0.4 is 0 Å². The number of aliphatic hydroxyl groups excluding tert-OH is 4. The summed E-state index contributed by atoms with van der Waals surface area (Å²) >= 11 is 0. The van der Waals surface area contributed by atoms with Gasteiger partial charge in [-0.2, -0.15) is 0 Å². The molecule has 6 atom stereocenters. The summed E-state index contributed by atoms with van der Waals surface area (Å²) in [5, 5.41) is 40.1. The number of aliphatic hydroxyl groups is 4. The van der Waals surface area contributed by atoms with E-state index < -0.39 is 55.4 Å². The topological polar surface area (TPSA) is 152 Å². The lowest BCUT2D eigenvalue weighted by molar-refractivity contribution is -0.305. The summed E-state index contributed by atoms with van der Waals surface area (Å²) in [4.78, 5) is 25.4. The van der Waals surface area contributed by atoms with Crippen molar-refractivity contribution in [3.8, 4) is 0 Å². The van der Waals surface area contributed by atoms with Gasteiger partial charge in [0.05, 0.1) is 13.2 Å². The first-order valence-corrected chi connectivity index (χ1v) is 23.7. The Kier molecular flexibility index (Phi) is 37.5. The summed E-state index contributed by atoms with van der Waals surface area (Å²) in [6, 6.07) is 0. The molecule has 1 aliphatic rings. The predicted molar refractivity (Wildman–Crippen MR) is 247 cm³/mol. The van der Waals surface area contributed by atoms with Crippen LogP contribution in [0.15, 0.2) is 85.1 Å². The Balaban J connectivity index is 2.34. The zero-order valence-electron chi connectivity index (χ0n) is 37.9. The average Bonchev–Trinajstić information content (AvgIpc) is 3.26. The molecule has 1 saturated heterocycles. The molecule has 0 spiro atoms. The molecular weight excluding hydrogens is 773 g/mol. The lowest BCUT2D eigenvalue weighted by Gasteiger charge is -2.39. The highest BCUT2D eigenvalue weighted by Gasteiger charge is 2.44. The Labute approximate surface area is 369 Å². The fourth-order valence-electron chi connectivity index (χ4n) is 6.54. The number of rotatable bonds is 38. The van der Waals surface area contributed by atoms with Crippen molar-refractivity contribution >= 4 is 11.9 Å². The third kappa shape index (κ3) is 32.3. The Hall–Kier alpha value is -3.12. The highest BCUT2D eigenvalue weighted by atomic mass is 16.7. The summed E-state index contributed by atoms with van der Waals surface area (Å²) in [5.74, 6) is -0.856. The fourth-order valence-corrected chi connectivity index (χ4v) is 6.54. The van der Waals surface area contributed by atoms with Gasteiger partial charge >= 0.3 is 11.9 Å². The molecule has 1 rings (SSSR count). The molecule has 4 N–H and O–H groups in total. The molecular formula is C51H84O10. The van der Waals surface area contributed by atoms with Crippen LogP contribution in [0, 0.1) is 0 Å². The van der Waals surface area contributed by atoms with Crippen LogP contribution in [0.1, 0.15) is 168 Å². The van der Waals surface area contributed by atoms with Crippen molar-refractivity contribution in [3.05, 3.63) is 85.1 Å². The van der Waals surface area contributed by atoms with Crippen LogP contribution >= 0.6 is 0 Å². The molecule has 61 heavy (non-hydrogen) atoms. The SMILES string of the molecule is CC/C=C\C/C=C\C/C=C\C/C=C\CCCCCCC(=O)OC(COC(=O)CCCCCCCC/C=C\C/C=C\C/C=C\CCCCC)COC1OC(CO)C(O)C(O)C1O. The van der Waals surface area contributed by atoms with E-state index in [0.717, 1.165) is 103 Å². The van der Waals surface area contributed by atoms with Gasteiger partial charge in [0.2, 0.25) is 0 Å². The molecule has 6 unspecified atom stereocenters. The molecule has 0 aromatic carbocycles. The second kappa shape index (κ2) is 40.9. The van der Waals surface area contributed by atoms with Gasteiger partial charge in [0.15, 0.2) is 12.4 Å². The van der Waals surface area contributed by atoms with Gasteiger partial charge in [-0.3, -0.25) is 9.59 Å². The summed E-state index contributed by atoms with van der Waals surface area (Å²) in [5.41, 5.74) is 0. The van der Waals surface area contributed by atoms with E-state index in [1.54, 1.807) is 0 Å². The number of ether oxygens (including phenoxy) is 4. The van der Waals surface area contributed by atoms with Gasteiger partial charge in [0, 0.05) is 12.8 Å². The molecule has 0 radical (unpaired) electrons. The number of hydrogen-bond acceptors (Lipinski definition) is 10.